The van der Waals surface area contributed by atoms with Crippen LogP contribution >= 0.6 is 0 Å². The third kappa shape index (κ3) is 3.61. The van der Waals surface area contributed by atoms with Gasteiger partial charge in [-0.05, 0) is 37.0 Å². The first kappa shape index (κ1) is 13.7. The van der Waals surface area contributed by atoms with Crippen LogP contribution in [-0.4, -0.2) is 32.9 Å². The molecule has 2 rings (SSSR count). The molecule has 0 radical (unpaired) electrons. The van der Waals surface area contributed by atoms with E-state index in [9.17, 15) is 4.79 Å². The van der Waals surface area contributed by atoms with Crippen molar-refractivity contribution in [2.45, 2.75) is 12.8 Å². The summed E-state index contributed by atoms with van der Waals surface area (Å²) in [7, 11) is 1.34. The van der Waals surface area contributed by atoms with E-state index in [1.807, 2.05) is 0 Å². The Morgan fingerprint density at radius 3 is 2.84 bits per heavy atom. The van der Waals surface area contributed by atoms with Crippen molar-refractivity contribution in [3.05, 3.63) is 23.8 Å². The number of methoxy groups -OCH3 is 1. The van der Waals surface area contributed by atoms with Crippen LogP contribution < -0.4 is 10.5 Å². The molecule has 5 heteroatoms. The smallest absolute Gasteiger partial charge is 0.341 e. The molecule has 1 aromatic rings. The fraction of sp³-hybridized carbons (Fsp3) is 0.500. The van der Waals surface area contributed by atoms with E-state index in [1.165, 1.54) is 7.11 Å². The Labute approximate surface area is 112 Å². The third-order valence-corrected chi connectivity index (χ3v) is 3.22. The number of esters is 1. The number of carbonyl (C=O) groups excluding carboxylic acids is 1. The molecule has 0 unspecified atom stereocenters. The minimum absolute atomic E-state index is 0.370. The Balaban J connectivity index is 2.04. The predicted octanol–water partition coefficient (Wildman–Crippen LogP) is 1.86. The molecule has 0 spiro atoms. The molecule has 1 heterocycles. The van der Waals surface area contributed by atoms with E-state index < -0.39 is 5.97 Å². The van der Waals surface area contributed by atoms with Crippen LogP contribution in [0.3, 0.4) is 0 Å². The maximum atomic E-state index is 11.7. The van der Waals surface area contributed by atoms with Gasteiger partial charge in [-0.15, -0.1) is 0 Å². The molecule has 1 aliphatic heterocycles. The molecule has 104 valence electrons. The van der Waals surface area contributed by atoms with E-state index in [0.717, 1.165) is 26.1 Å². The molecule has 1 aliphatic rings. The molecule has 1 aromatic carbocycles. The number of carbonyl (C=O) groups is 1. The summed E-state index contributed by atoms with van der Waals surface area (Å²) in [4.78, 5) is 11.7. The van der Waals surface area contributed by atoms with Crippen molar-refractivity contribution in [3.63, 3.8) is 0 Å². The highest BCUT2D eigenvalue weighted by atomic mass is 16.5. The van der Waals surface area contributed by atoms with Gasteiger partial charge in [0.1, 0.15) is 11.3 Å². The molecule has 19 heavy (non-hydrogen) atoms. The van der Waals surface area contributed by atoms with Crippen molar-refractivity contribution in [2.24, 2.45) is 5.92 Å². The second kappa shape index (κ2) is 6.43. The topological polar surface area (TPSA) is 70.8 Å². The van der Waals surface area contributed by atoms with E-state index in [4.69, 9.17) is 19.9 Å². The van der Waals surface area contributed by atoms with Gasteiger partial charge in [-0.1, -0.05) is 0 Å². The first-order valence-electron chi connectivity index (χ1n) is 6.39. The quantitative estimate of drug-likeness (QED) is 0.664. The van der Waals surface area contributed by atoms with Crippen LogP contribution in [0, 0.1) is 5.92 Å². The molecular weight excluding hydrogens is 246 g/mol. The molecule has 2 N–H and O–H groups in total. The lowest BCUT2D eigenvalue weighted by molar-refractivity contribution is 0.0483. The van der Waals surface area contributed by atoms with Crippen LogP contribution in [0.5, 0.6) is 5.75 Å². The van der Waals surface area contributed by atoms with Crippen LogP contribution in [0.25, 0.3) is 0 Å². The number of ether oxygens (including phenoxy) is 3. The molecule has 0 amide bonds. The van der Waals surface area contributed by atoms with E-state index in [0.29, 0.717) is 29.5 Å². The highest BCUT2D eigenvalue weighted by Gasteiger charge is 2.17. The fourth-order valence-corrected chi connectivity index (χ4v) is 2.06. The Hall–Kier alpha value is -1.75. The van der Waals surface area contributed by atoms with Gasteiger partial charge in [0.2, 0.25) is 0 Å². The molecule has 1 saturated heterocycles. The minimum Gasteiger partial charge on any atom is -0.492 e. The number of hydrogen-bond donors (Lipinski definition) is 1. The second-order valence-corrected chi connectivity index (χ2v) is 4.61. The SMILES string of the molecule is COC(=O)c1cc(N)ccc1OCC1CCOCC1. The first-order chi connectivity index (χ1) is 9.20. The number of benzene rings is 1. The van der Waals surface area contributed by atoms with Gasteiger partial charge >= 0.3 is 5.97 Å². The Morgan fingerprint density at radius 2 is 2.16 bits per heavy atom. The standard InChI is InChI=1S/C14H19NO4/c1-17-14(16)12-8-11(15)2-3-13(12)19-9-10-4-6-18-7-5-10/h2-3,8,10H,4-7,9,15H2,1H3. The molecule has 1 fully saturated rings. The monoisotopic (exact) mass is 265 g/mol. The van der Waals surface area contributed by atoms with Crippen LogP contribution in [0.4, 0.5) is 5.69 Å². The lowest BCUT2D eigenvalue weighted by atomic mass is 10.0. The number of nitrogen functional groups attached to an aromatic ring is 1. The van der Waals surface area contributed by atoms with E-state index in [1.54, 1.807) is 18.2 Å². The van der Waals surface area contributed by atoms with Crippen molar-refractivity contribution in [1.82, 2.24) is 0 Å². The largest absolute Gasteiger partial charge is 0.492 e. The summed E-state index contributed by atoms with van der Waals surface area (Å²) < 4.78 is 15.8. The summed E-state index contributed by atoms with van der Waals surface area (Å²) in [6.07, 6.45) is 1.98. The average Bonchev–Trinajstić information content (AvgIpc) is 2.46. The maximum Gasteiger partial charge on any atom is 0.341 e. The summed E-state index contributed by atoms with van der Waals surface area (Å²) in [5.41, 5.74) is 6.56. The number of hydrogen-bond acceptors (Lipinski definition) is 5. The summed E-state index contributed by atoms with van der Waals surface area (Å²) >= 11 is 0. The molecule has 0 saturated carbocycles. The maximum absolute atomic E-state index is 11.7. The van der Waals surface area contributed by atoms with Gasteiger partial charge < -0.3 is 19.9 Å². The van der Waals surface area contributed by atoms with Crippen LogP contribution in [0.1, 0.15) is 23.2 Å². The van der Waals surface area contributed by atoms with Crippen LogP contribution in [-0.2, 0) is 9.47 Å². The normalized spacial score (nSPS) is 16.1. The Kier molecular flexibility index (Phi) is 4.63. The van der Waals surface area contributed by atoms with Crippen molar-refractivity contribution in [2.75, 3.05) is 32.7 Å². The van der Waals surface area contributed by atoms with Crippen molar-refractivity contribution in [1.29, 1.82) is 0 Å². The molecule has 0 atom stereocenters. The number of rotatable bonds is 4. The molecule has 5 nitrogen and oxygen atoms in total. The highest BCUT2D eigenvalue weighted by molar-refractivity contribution is 5.93. The number of anilines is 1. The molecule has 0 aliphatic carbocycles. The van der Waals surface area contributed by atoms with Crippen LogP contribution in [0.15, 0.2) is 18.2 Å². The van der Waals surface area contributed by atoms with Gasteiger partial charge in [0, 0.05) is 18.9 Å². The van der Waals surface area contributed by atoms with E-state index >= 15 is 0 Å². The molecule has 0 aromatic heterocycles. The molecular formula is C14H19NO4. The summed E-state index contributed by atoms with van der Waals surface area (Å²) in [6.45, 7) is 2.14. The van der Waals surface area contributed by atoms with Crippen molar-refractivity contribution in [3.8, 4) is 5.75 Å². The zero-order chi connectivity index (χ0) is 13.7. The van der Waals surface area contributed by atoms with Gasteiger partial charge in [-0.25, -0.2) is 4.79 Å². The third-order valence-electron chi connectivity index (χ3n) is 3.22. The summed E-state index contributed by atoms with van der Waals surface area (Å²) in [6, 6.07) is 5.00. The van der Waals surface area contributed by atoms with Gasteiger partial charge in [0.25, 0.3) is 0 Å². The summed E-state index contributed by atoms with van der Waals surface area (Å²) in [5.74, 6) is 0.554. The zero-order valence-electron chi connectivity index (χ0n) is 11.1. The lowest BCUT2D eigenvalue weighted by Crippen LogP contribution is -2.22. The Morgan fingerprint density at radius 1 is 1.42 bits per heavy atom. The second-order valence-electron chi connectivity index (χ2n) is 4.61. The predicted molar refractivity (Wildman–Crippen MR) is 71.2 cm³/mol. The van der Waals surface area contributed by atoms with Gasteiger partial charge in [0.05, 0.1) is 13.7 Å². The number of nitrogens with two attached hydrogens (primary N) is 1. The van der Waals surface area contributed by atoms with Crippen molar-refractivity contribution >= 4 is 11.7 Å². The first-order valence-corrected chi connectivity index (χ1v) is 6.39. The summed E-state index contributed by atoms with van der Waals surface area (Å²) in [5, 5.41) is 0. The highest BCUT2D eigenvalue weighted by Crippen LogP contribution is 2.24. The van der Waals surface area contributed by atoms with E-state index in [-0.39, 0.29) is 0 Å². The fourth-order valence-electron chi connectivity index (χ4n) is 2.06. The zero-order valence-corrected chi connectivity index (χ0v) is 11.1. The minimum atomic E-state index is -0.436. The van der Waals surface area contributed by atoms with Gasteiger partial charge in [-0.2, -0.15) is 0 Å². The average molecular weight is 265 g/mol. The van der Waals surface area contributed by atoms with Crippen LogP contribution in [0.2, 0.25) is 0 Å². The van der Waals surface area contributed by atoms with Crippen molar-refractivity contribution < 1.29 is 19.0 Å². The van der Waals surface area contributed by atoms with Gasteiger partial charge in [-0.3, -0.25) is 0 Å². The Bertz CT molecular complexity index is 441. The van der Waals surface area contributed by atoms with E-state index in [2.05, 4.69) is 0 Å². The van der Waals surface area contributed by atoms with Gasteiger partial charge in [0.15, 0.2) is 0 Å². The lowest BCUT2D eigenvalue weighted by Gasteiger charge is -2.22. The molecule has 0 bridgehead atoms.